The zero-order chi connectivity index (χ0) is 17.9. The molecule has 8 heteroatoms. The Labute approximate surface area is 129 Å². The number of carbonyl (C=O) groups is 1. The largest absolute Gasteiger partial charge is 0.509 e. The summed E-state index contributed by atoms with van der Waals surface area (Å²) in [5, 5.41) is 0. The van der Waals surface area contributed by atoms with Crippen molar-refractivity contribution < 1.29 is 36.2 Å². The van der Waals surface area contributed by atoms with Crippen LogP contribution in [0, 0.1) is 29.1 Å². The molecule has 0 saturated heterocycles. The Bertz CT molecular complexity index is 606. The lowest BCUT2D eigenvalue weighted by Gasteiger charge is -2.19. The lowest BCUT2D eigenvalue weighted by atomic mass is 10.0. The first-order valence-electron chi connectivity index (χ1n) is 6.46. The van der Waals surface area contributed by atoms with E-state index in [1.54, 1.807) is 20.8 Å². The minimum Gasteiger partial charge on any atom is -0.430 e. The lowest BCUT2D eigenvalue weighted by molar-refractivity contribution is -0.00356. The van der Waals surface area contributed by atoms with E-state index >= 15 is 0 Å². The first kappa shape index (κ1) is 18.9. The summed E-state index contributed by atoms with van der Waals surface area (Å²) >= 11 is 0. The average molecular weight is 338 g/mol. The molecule has 0 aliphatic heterocycles. The third-order valence-electron chi connectivity index (χ3n) is 2.51. The molecular weight excluding hydrogens is 323 g/mol. The third kappa shape index (κ3) is 4.94. The fourth-order valence-electron chi connectivity index (χ4n) is 1.55. The smallest absolute Gasteiger partial charge is 0.430 e. The highest BCUT2D eigenvalue weighted by molar-refractivity contribution is 5.60. The van der Waals surface area contributed by atoms with E-state index in [0.717, 1.165) is 0 Å². The van der Waals surface area contributed by atoms with E-state index in [1.165, 1.54) is 0 Å². The third-order valence-corrected chi connectivity index (χ3v) is 2.51. The lowest BCUT2D eigenvalue weighted by Crippen LogP contribution is -2.25. The highest BCUT2D eigenvalue weighted by Crippen LogP contribution is 2.24. The van der Waals surface area contributed by atoms with E-state index in [1.807, 2.05) is 0 Å². The summed E-state index contributed by atoms with van der Waals surface area (Å²) in [6.45, 7) is 7.67. The number of hydrogen-bond donors (Lipinski definition) is 0. The van der Waals surface area contributed by atoms with Crippen molar-refractivity contribution in [3.63, 3.8) is 0 Å². The van der Waals surface area contributed by atoms with Crippen LogP contribution in [0.1, 0.15) is 26.3 Å². The fraction of sp³-hybridized carbons (Fsp3) is 0.400. The van der Waals surface area contributed by atoms with Gasteiger partial charge >= 0.3 is 6.16 Å². The number of hydrogen-bond acceptors (Lipinski definition) is 3. The standard InChI is InChI=1S/C15H15F5O3/c1-7(6-22-14(21)23-15(2,3)4)5-8-9(16)11(18)13(20)12(19)10(8)17/h1,5-6H2,2-4H3. The van der Waals surface area contributed by atoms with Gasteiger partial charge in [-0.1, -0.05) is 6.58 Å². The second-order valence-electron chi connectivity index (χ2n) is 5.73. The van der Waals surface area contributed by atoms with E-state index in [9.17, 15) is 26.7 Å². The predicted molar refractivity (Wildman–Crippen MR) is 71.3 cm³/mol. The van der Waals surface area contributed by atoms with Gasteiger partial charge in [0.1, 0.15) is 12.2 Å². The minimum absolute atomic E-state index is 0.0703. The van der Waals surface area contributed by atoms with Gasteiger partial charge in [-0.3, -0.25) is 0 Å². The quantitative estimate of drug-likeness (QED) is 0.268. The maximum atomic E-state index is 13.5. The van der Waals surface area contributed by atoms with Gasteiger partial charge in [0.05, 0.1) is 0 Å². The van der Waals surface area contributed by atoms with Crippen LogP contribution >= 0.6 is 0 Å². The number of halogens is 5. The van der Waals surface area contributed by atoms with Gasteiger partial charge in [-0.2, -0.15) is 0 Å². The second kappa shape index (κ2) is 6.97. The molecule has 3 nitrogen and oxygen atoms in total. The monoisotopic (exact) mass is 338 g/mol. The van der Waals surface area contributed by atoms with Crippen molar-refractivity contribution >= 4 is 6.16 Å². The number of rotatable bonds is 4. The normalized spacial score (nSPS) is 11.3. The SMILES string of the molecule is C=C(COC(=O)OC(C)(C)C)Cc1c(F)c(F)c(F)c(F)c1F. The Balaban J connectivity index is 2.78. The molecule has 0 spiro atoms. The Morgan fingerprint density at radius 3 is 1.83 bits per heavy atom. The van der Waals surface area contributed by atoms with Crippen molar-refractivity contribution in [3.8, 4) is 0 Å². The number of ether oxygens (including phenoxy) is 2. The van der Waals surface area contributed by atoms with Gasteiger partial charge in [0.2, 0.25) is 5.82 Å². The topological polar surface area (TPSA) is 35.5 Å². The maximum Gasteiger partial charge on any atom is 0.509 e. The molecular formula is C15H15F5O3. The fourth-order valence-corrected chi connectivity index (χ4v) is 1.55. The minimum atomic E-state index is -2.24. The first-order chi connectivity index (χ1) is 10.4. The molecule has 0 heterocycles. The van der Waals surface area contributed by atoms with Crippen LogP contribution in [0.2, 0.25) is 0 Å². The van der Waals surface area contributed by atoms with Crippen molar-refractivity contribution in [2.75, 3.05) is 6.61 Å². The van der Waals surface area contributed by atoms with E-state index in [2.05, 4.69) is 11.3 Å². The van der Waals surface area contributed by atoms with Gasteiger partial charge in [-0.05, 0) is 26.3 Å². The predicted octanol–water partition coefficient (Wildman–Crippen LogP) is 4.43. The van der Waals surface area contributed by atoms with Crippen LogP contribution in [0.5, 0.6) is 0 Å². The Morgan fingerprint density at radius 1 is 0.957 bits per heavy atom. The Morgan fingerprint density at radius 2 is 1.39 bits per heavy atom. The second-order valence-corrected chi connectivity index (χ2v) is 5.73. The highest BCUT2D eigenvalue weighted by atomic mass is 19.2. The van der Waals surface area contributed by atoms with Crippen LogP contribution in [0.3, 0.4) is 0 Å². The van der Waals surface area contributed by atoms with Gasteiger partial charge in [-0.25, -0.2) is 26.7 Å². The average Bonchev–Trinajstić information content (AvgIpc) is 2.43. The zero-order valence-electron chi connectivity index (χ0n) is 12.7. The molecule has 0 bridgehead atoms. The van der Waals surface area contributed by atoms with Gasteiger partial charge in [-0.15, -0.1) is 0 Å². The molecule has 0 aliphatic rings. The summed E-state index contributed by atoms with van der Waals surface area (Å²) < 4.78 is 75.5. The number of carbonyl (C=O) groups excluding carboxylic acids is 1. The van der Waals surface area contributed by atoms with Gasteiger partial charge in [0.25, 0.3) is 0 Å². The molecule has 0 radical (unpaired) electrons. The van der Waals surface area contributed by atoms with Gasteiger partial charge in [0.15, 0.2) is 23.3 Å². The summed E-state index contributed by atoms with van der Waals surface area (Å²) in [6, 6.07) is 0. The van der Waals surface area contributed by atoms with Crippen LogP contribution in [-0.2, 0) is 15.9 Å². The van der Waals surface area contributed by atoms with Crippen LogP contribution in [0.15, 0.2) is 12.2 Å². The van der Waals surface area contributed by atoms with Crippen molar-refractivity contribution in [2.24, 2.45) is 0 Å². The molecule has 128 valence electrons. The molecule has 1 aromatic carbocycles. The zero-order valence-corrected chi connectivity index (χ0v) is 12.7. The molecule has 0 unspecified atom stereocenters. The van der Waals surface area contributed by atoms with Crippen molar-refractivity contribution in [1.82, 2.24) is 0 Å². The van der Waals surface area contributed by atoms with Crippen LogP contribution in [-0.4, -0.2) is 18.4 Å². The number of benzene rings is 1. The molecule has 0 N–H and O–H groups in total. The van der Waals surface area contributed by atoms with E-state index in [4.69, 9.17) is 4.74 Å². The molecule has 1 rings (SSSR count). The molecule has 1 aromatic rings. The van der Waals surface area contributed by atoms with Crippen molar-refractivity contribution in [1.29, 1.82) is 0 Å². The summed E-state index contributed by atoms with van der Waals surface area (Å²) in [5.74, 6) is -10.2. The van der Waals surface area contributed by atoms with Gasteiger partial charge in [0, 0.05) is 12.0 Å². The van der Waals surface area contributed by atoms with E-state index < -0.39 is 59.4 Å². The maximum absolute atomic E-state index is 13.5. The van der Waals surface area contributed by atoms with Gasteiger partial charge < -0.3 is 9.47 Å². The van der Waals surface area contributed by atoms with E-state index in [0.29, 0.717) is 0 Å². The molecule has 0 atom stereocenters. The molecule has 0 saturated carbocycles. The molecule has 0 amide bonds. The van der Waals surface area contributed by atoms with E-state index in [-0.39, 0.29) is 5.57 Å². The Hall–Kier alpha value is -2.12. The van der Waals surface area contributed by atoms with Crippen molar-refractivity contribution in [2.45, 2.75) is 32.8 Å². The first-order valence-corrected chi connectivity index (χ1v) is 6.46. The van der Waals surface area contributed by atoms with Crippen LogP contribution < -0.4 is 0 Å². The molecule has 0 aromatic heterocycles. The molecule has 0 fully saturated rings. The molecule has 23 heavy (non-hydrogen) atoms. The van der Waals surface area contributed by atoms with Crippen LogP contribution in [0.4, 0.5) is 26.7 Å². The van der Waals surface area contributed by atoms with Crippen LogP contribution in [0.25, 0.3) is 0 Å². The summed E-state index contributed by atoms with van der Waals surface area (Å²) in [4.78, 5) is 11.3. The summed E-state index contributed by atoms with van der Waals surface area (Å²) in [6.07, 6.45) is -1.73. The summed E-state index contributed by atoms with van der Waals surface area (Å²) in [7, 11) is 0. The van der Waals surface area contributed by atoms with Crippen molar-refractivity contribution in [3.05, 3.63) is 46.8 Å². The molecule has 0 aliphatic carbocycles. The highest BCUT2D eigenvalue weighted by Gasteiger charge is 2.26. The summed E-state index contributed by atoms with van der Waals surface area (Å²) in [5.41, 5.74) is -1.92. The Kier molecular flexibility index (Phi) is 5.74.